The van der Waals surface area contributed by atoms with Crippen molar-refractivity contribution in [2.45, 2.75) is 10.1 Å². The Balaban J connectivity index is 1.68. The zero-order valence-corrected chi connectivity index (χ0v) is 14.4. The van der Waals surface area contributed by atoms with Crippen molar-refractivity contribution in [1.29, 1.82) is 0 Å². The number of nitrogens with zero attached hydrogens (tertiary/aromatic N) is 2. The Bertz CT molecular complexity index is 950. The number of anilines is 1. The zero-order chi connectivity index (χ0) is 18.7. The van der Waals surface area contributed by atoms with Gasteiger partial charge >= 0.3 is 0 Å². The Hall–Kier alpha value is -2.46. The molecule has 0 aliphatic carbocycles. The number of carbonyl (C=O) groups is 1. The van der Waals surface area contributed by atoms with Crippen molar-refractivity contribution >= 4 is 34.1 Å². The molecule has 1 heterocycles. The lowest BCUT2D eigenvalue weighted by molar-refractivity contribution is 0.102. The summed E-state index contributed by atoms with van der Waals surface area (Å²) in [6.07, 6.45) is 0. The van der Waals surface area contributed by atoms with Crippen molar-refractivity contribution in [3.8, 4) is 0 Å². The Morgan fingerprint density at radius 3 is 2.50 bits per heavy atom. The van der Waals surface area contributed by atoms with Gasteiger partial charge in [0.1, 0.15) is 0 Å². The van der Waals surface area contributed by atoms with E-state index < -0.39 is 34.7 Å². The van der Waals surface area contributed by atoms with Crippen LogP contribution in [0.25, 0.3) is 0 Å². The summed E-state index contributed by atoms with van der Waals surface area (Å²) >= 11 is 2.39. The highest BCUT2D eigenvalue weighted by molar-refractivity contribution is 8.00. The smallest absolute Gasteiger partial charge is 0.260 e. The van der Waals surface area contributed by atoms with Crippen LogP contribution in [0.2, 0.25) is 0 Å². The molecule has 0 fully saturated rings. The summed E-state index contributed by atoms with van der Waals surface area (Å²) in [7, 11) is 0. The molecule has 1 amide bonds. The molecule has 0 spiro atoms. The van der Waals surface area contributed by atoms with Crippen LogP contribution in [-0.2, 0) is 5.75 Å². The van der Waals surface area contributed by atoms with E-state index in [0.717, 1.165) is 16.9 Å². The molecule has 3 rings (SSSR count). The van der Waals surface area contributed by atoms with E-state index in [2.05, 4.69) is 15.5 Å². The van der Waals surface area contributed by atoms with Crippen LogP contribution in [-0.4, -0.2) is 16.1 Å². The maximum absolute atomic E-state index is 13.6. The van der Waals surface area contributed by atoms with Gasteiger partial charge in [-0.25, -0.2) is 17.6 Å². The van der Waals surface area contributed by atoms with Crippen LogP contribution in [0, 0.1) is 23.3 Å². The van der Waals surface area contributed by atoms with Crippen LogP contribution in [0.3, 0.4) is 0 Å². The molecule has 0 saturated carbocycles. The SMILES string of the molecule is O=C(Nc1nnc(SCc2ccccc2)s1)c1cc(F)c(F)c(F)c1F. The number of thioether (sulfide) groups is 1. The van der Waals surface area contributed by atoms with Crippen molar-refractivity contribution in [3.63, 3.8) is 0 Å². The first-order chi connectivity index (χ1) is 12.5. The van der Waals surface area contributed by atoms with E-state index >= 15 is 0 Å². The van der Waals surface area contributed by atoms with Crippen LogP contribution >= 0.6 is 23.1 Å². The van der Waals surface area contributed by atoms with Gasteiger partial charge in [-0.3, -0.25) is 10.1 Å². The quantitative estimate of drug-likeness (QED) is 0.223. The van der Waals surface area contributed by atoms with E-state index in [1.165, 1.54) is 11.8 Å². The normalized spacial score (nSPS) is 10.8. The van der Waals surface area contributed by atoms with Crippen molar-refractivity contribution in [2.24, 2.45) is 0 Å². The minimum Gasteiger partial charge on any atom is -0.296 e. The second-order valence-corrected chi connectivity index (χ2v) is 7.15. The molecule has 0 unspecified atom stereocenters. The van der Waals surface area contributed by atoms with Crippen LogP contribution in [0.4, 0.5) is 22.7 Å². The van der Waals surface area contributed by atoms with Crippen molar-refractivity contribution in [3.05, 3.63) is 70.8 Å². The second kappa shape index (κ2) is 7.83. The molecule has 3 aromatic rings. The van der Waals surface area contributed by atoms with Gasteiger partial charge in [0.05, 0.1) is 5.56 Å². The molecule has 0 atom stereocenters. The average molecular weight is 399 g/mol. The van der Waals surface area contributed by atoms with Gasteiger partial charge in [-0.1, -0.05) is 53.4 Å². The van der Waals surface area contributed by atoms with Gasteiger partial charge < -0.3 is 0 Å². The Morgan fingerprint density at radius 1 is 1.04 bits per heavy atom. The van der Waals surface area contributed by atoms with Crippen molar-refractivity contribution in [2.75, 3.05) is 5.32 Å². The molecule has 10 heteroatoms. The molecule has 2 aromatic carbocycles. The molecule has 0 radical (unpaired) electrons. The largest absolute Gasteiger partial charge is 0.296 e. The van der Waals surface area contributed by atoms with Gasteiger partial charge in [0.15, 0.2) is 27.6 Å². The predicted molar refractivity (Wildman–Crippen MR) is 90.1 cm³/mol. The summed E-state index contributed by atoms with van der Waals surface area (Å²) in [6.45, 7) is 0. The van der Waals surface area contributed by atoms with Crippen LogP contribution in [0.5, 0.6) is 0 Å². The lowest BCUT2D eigenvalue weighted by Gasteiger charge is -2.05. The molecule has 4 nitrogen and oxygen atoms in total. The summed E-state index contributed by atoms with van der Waals surface area (Å²) in [6, 6.07) is 9.87. The van der Waals surface area contributed by atoms with Gasteiger partial charge in [0.2, 0.25) is 5.13 Å². The number of rotatable bonds is 5. The van der Waals surface area contributed by atoms with E-state index in [1.807, 2.05) is 30.3 Å². The third kappa shape index (κ3) is 4.02. The molecule has 0 bridgehead atoms. The standard InChI is InChI=1S/C16H9F4N3OS2/c17-10-6-9(11(18)13(20)12(10)19)14(24)21-15-22-23-16(26-15)25-7-8-4-2-1-3-5-8/h1-6H,7H2,(H,21,22,24). The maximum Gasteiger partial charge on any atom is 0.260 e. The number of aromatic nitrogens is 2. The molecular weight excluding hydrogens is 390 g/mol. The van der Waals surface area contributed by atoms with Crippen LogP contribution < -0.4 is 5.32 Å². The lowest BCUT2D eigenvalue weighted by atomic mass is 10.1. The minimum absolute atomic E-state index is 0.0232. The maximum atomic E-state index is 13.6. The van der Waals surface area contributed by atoms with E-state index in [0.29, 0.717) is 10.1 Å². The number of hydrogen-bond acceptors (Lipinski definition) is 5. The Morgan fingerprint density at radius 2 is 1.77 bits per heavy atom. The fourth-order valence-electron chi connectivity index (χ4n) is 1.94. The number of halogens is 4. The van der Waals surface area contributed by atoms with Gasteiger partial charge in [0.25, 0.3) is 5.91 Å². The third-order valence-corrected chi connectivity index (χ3v) is 5.22. The summed E-state index contributed by atoms with van der Waals surface area (Å²) in [5.41, 5.74) is 0.104. The highest BCUT2D eigenvalue weighted by atomic mass is 32.2. The fourth-order valence-corrected chi connectivity index (χ4v) is 3.64. The lowest BCUT2D eigenvalue weighted by Crippen LogP contribution is -2.16. The van der Waals surface area contributed by atoms with Gasteiger partial charge in [-0.05, 0) is 11.6 Å². The molecule has 0 saturated heterocycles. The van der Waals surface area contributed by atoms with Crippen molar-refractivity contribution < 1.29 is 22.4 Å². The monoisotopic (exact) mass is 399 g/mol. The molecule has 1 aromatic heterocycles. The first kappa shape index (κ1) is 18.3. The fraction of sp³-hybridized carbons (Fsp3) is 0.0625. The predicted octanol–water partition coefficient (Wildman–Crippen LogP) is 4.64. The highest BCUT2D eigenvalue weighted by Gasteiger charge is 2.23. The number of nitrogens with one attached hydrogen (secondary N) is 1. The van der Waals surface area contributed by atoms with E-state index in [-0.39, 0.29) is 11.2 Å². The summed E-state index contributed by atoms with van der Waals surface area (Å²) < 4.78 is 53.5. The van der Waals surface area contributed by atoms with E-state index in [4.69, 9.17) is 0 Å². The zero-order valence-electron chi connectivity index (χ0n) is 12.8. The first-order valence-electron chi connectivity index (χ1n) is 7.10. The van der Waals surface area contributed by atoms with Crippen LogP contribution in [0.15, 0.2) is 40.7 Å². The first-order valence-corrected chi connectivity index (χ1v) is 8.90. The Labute approximate surface area is 153 Å². The topological polar surface area (TPSA) is 54.9 Å². The minimum atomic E-state index is -2.05. The van der Waals surface area contributed by atoms with E-state index in [1.54, 1.807) is 0 Å². The molecule has 0 aliphatic rings. The van der Waals surface area contributed by atoms with Crippen molar-refractivity contribution in [1.82, 2.24) is 10.2 Å². The Kier molecular flexibility index (Phi) is 5.52. The van der Waals surface area contributed by atoms with Gasteiger partial charge in [-0.15, -0.1) is 10.2 Å². The molecular formula is C16H9F4N3OS2. The summed E-state index contributed by atoms with van der Waals surface area (Å²) in [4.78, 5) is 12.0. The number of hydrogen-bond donors (Lipinski definition) is 1. The summed E-state index contributed by atoms with van der Waals surface area (Å²) in [5, 5.41) is 9.79. The number of benzene rings is 2. The molecule has 1 N–H and O–H groups in total. The molecule has 134 valence electrons. The average Bonchev–Trinajstić information content (AvgIpc) is 3.09. The van der Waals surface area contributed by atoms with Gasteiger partial charge in [0, 0.05) is 5.75 Å². The number of carbonyl (C=O) groups excluding carboxylic acids is 1. The molecule has 26 heavy (non-hydrogen) atoms. The summed E-state index contributed by atoms with van der Waals surface area (Å²) in [5.74, 6) is -7.99. The molecule has 0 aliphatic heterocycles. The van der Waals surface area contributed by atoms with Gasteiger partial charge in [-0.2, -0.15) is 0 Å². The van der Waals surface area contributed by atoms with Crippen LogP contribution in [0.1, 0.15) is 15.9 Å². The van der Waals surface area contributed by atoms with E-state index in [9.17, 15) is 22.4 Å². The third-order valence-electron chi connectivity index (χ3n) is 3.18. The second-order valence-electron chi connectivity index (χ2n) is 4.95. The number of amides is 1. The highest BCUT2D eigenvalue weighted by Crippen LogP contribution is 2.29.